The molecule has 2 atom stereocenters. The lowest BCUT2D eigenvalue weighted by atomic mass is 10.1. The van der Waals surface area contributed by atoms with Gasteiger partial charge in [-0.2, -0.15) is 4.98 Å². The number of ether oxygens (including phenoxy) is 1. The molecule has 0 saturated carbocycles. The number of aromatic nitrogens is 2. The Labute approximate surface area is 119 Å². The summed E-state index contributed by atoms with van der Waals surface area (Å²) >= 11 is 0. The van der Waals surface area contributed by atoms with Gasteiger partial charge in [-0.25, -0.2) is 0 Å². The summed E-state index contributed by atoms with van der Waals surface area (Å²) in [5.74, 6) is 1.42. The van der Waals surface area contributed by atoms with Gasteiger partial charge in [0.15, 0.2) is 0 Å². The Morgan fingerprint density at radius 2 is 2.35 bits per heavy atom. The van der Waals surface area contributed by atoms with Gasteiger partial charge < -0.3 is 14.6 Å². The SMILES string of the molecule is CCCN1CCOC(c2noc([C@@H]3CCCCN3)n2)C1. The maximum absolute atomic E-state index is 5.79. The molecule has 2 saturated heterocycles. The summed E-state index contributed by atoms with van der Waals surface area (Å²) in [6.07, 6.45) is 4.65. The molecule has 1 aromatic rings. The first-order valence-electron chi connectivity index (χ1n) is 7.77. The average Bonchev–Trinajstić information content (AvgIpc) is 2.99. The van der Waals surface area contributed by atoms with Gasteiger partial charge in [-0.1, -0.05) is 18.5 Å². The average molecular weight is 280 g/mol. The molecule has 1 N–H and O–H groups in total. The van der Waals surface area contributed by atoms with E-state index in [0.717, 1.165) is 51.5 Å². The van der Waals surface area contributed by atoms with Crippen molar-refractivity contribution in [2.45, 2.75) is 44.8 Å². The molecule has 2 aliphatic heterocycles. The minimum absolute atomic E-state index is 0.0450. The van der Waals surface area contributed by atoms with E-state index in [2.05, 4.69) is 27.3 Å². The number of nitrogens with one attached hydrogen (secondary N) is 1. The van der Waals surface area contributed by atoms with Crippen LogP contribution in [-0.4, -0.2) is 47.8 Å². The van der Waals surface area contributed by atoms with Crippen LogP contribution in [0, 0.1) is 0 Å². The quantitative estimate of drug-likeness (QED) is 0.905. The smallest absolute Gasteiger partial charge is 0.243 e. The Hall–Kier alpha value is -0.980. The predicted molar refractivity (Wildman–Crippen MR) is 74.3 cm³/mol. The molecular formula is C14H24N4O2. The highest BCUT2D eigenvalue weighted by Crippen LogP contribution is 2.25. The van der Waals surface area contributed by atoms with Crippen LogP contribution in [0.15, 0.2) is 4.52 Å². The van der Waals surface area contributed by atoms with E-state index >= 15 is 0 Å². The third kappa shape index (κ3) is 3.19. The number of nitrogens with zero attached hydrogens (tertiary/aromatic N) is 3. The topological polar surface area (TPSA) is 63.4 Å². The Kier molecular flexibility index (Phi) is 4.65. The monoisotopic (exact) mass is 280 g/mol. The van der Waals surface area contributed by atoms with Gasteiger partial charge in [0.1, 0.15) is 6.10 Å². The van der Waals surface area contributed by atoms with Crippen LogP contribution in [0.25, 0.3) is 0 Å². The highest BCUT2D eigenvalue weighted by atomic mass is 16.5. The molecule has 0 radical (unpaired) electrons. The van der Waals surface area contributed by atoms with Crippen LogP contribution in [0.2, 0.25) is 0 Å². The van der Waals surface area contributed by atoms with E-state index in [1.807, 2.05) is 0 Å². The van der Waals surface area contributed by atoms with Gasteiger partial charge in [-0.3, -0.25) is 4.90 Å². The first-order chi connectivity index (χ1) is 9.86. The van der Waals surface area contributed by atoms with Crippen molar-refractivity contribution < 1.29 is 9.26 Å². The largest absolute Gasteiger partial charge is 0.367 e. The molecule has 0 spiro atoms. The van der Waals surface area contributed by atoms with Crippen LogP contribution in [-0.2, 0) is 4.74 Å². The molecule has 0 bridgehead atoms. The number of piperidine rings is 1. The third-order valence-corrected chi connectivity index (χ3v) is 4.04. The van der Waals surface area contributed by atoms with Crippen LogP contribution in [0.4, 0.5) is 0 Å². The first kappa shape index (κ1) is 14.0. The van der Waals surface area contributed by atoms with E-state index in [0.29, 0.717) is 5.82 Å². The van der Waals surface area contributed by atoms with Crippen molar-refractivity contribution in [1.82, 2.24) is 20.4 Å². The number of hydrogen-bond acceptors (Lipinski definition) is 6. The fourth-order valence-corrected chi connectivity index (χ4v) is 2.96. The summed E-state index contributed by atoms with van der Waals surface area (Å²) in [4.78, 5) is 6.97. The molecule has 6 heteroatoms. The molecule has 1 aromatic heterocycles. The van der Waals surface area contributed by atoms with Gasteiger partial charge in [0.05, 0.1) is 12.6 Å². The molecule has 1 unspecified atom stereocenters. The van der Waals surface area contributed by atoms with E-state index < -0.39 is 0 Å². The van der Waals surface area contributed by atoms with Gasteiger partial charge in [-0.15, -0.1) is 0 Å². The van der Waals surface area contributed by atoms with Gasteiger partial charge in [0, 0.05) is 13.1 Å². The molecule has 112 valence electrons. The van der Waals surface area contributed by atoms with Crippen molar-refractivity contribution in [1.29, 1.82) is 0 Å². The Bertz CT molecular complexity index is 415. The molecule has 20 heavy (non-hydrogen) atoms. The lowest BCUT2D eigenvalue weighted by molar-refractivity contribution is -0.0350. The maximum atomic E-state index is 5.79. The second-order valence-corrected chi connectivity index (χ2v) is 5.65. The third-order valence-electron chi connectivity index (χ3n) is 4.04. The Morgan fingerprint density at radius 1 is 1.40 bits per heavy atom. The van der Waals surface area contributed by atoms with Crippen LogP contribution in [0.1, 0.15) is 56.5 Å². The fourth-order valence-electron chi connectivity index (χ4n) is 2.96. The molecule has 0 aromatic carbocycles. The lowest BCUT2D eigenvalue weighted by Gasteiger charge is -2.30. The van der Waals surface area contributed by atoms with Gasteiger partial charge >= 0.3 is 0 Å². The minimum Gasteiger partial charge on any atom is -0.367 e. The van der Waals surface area contributed by atoms with Crippen molar-refractivity contribution in [2.24, 2.45) is 0 Å². The van der Waals surface area contributed by atoms with E-state index in [1.165, 1.54) is 12.8 Å². The summed E-state index contributed by atoms with van der Waals surface area (Å²) in [7, 11) is 0. The molecular weight excluding hydrogens is 256 g/mol. The van der Waals surface area contributed by atoms with Crippen molar-refractivity contribution in [3.63, 3.8) is 0 Å². The zero-order chi connectivity index (χ0) is 13.8. The van der Waals surface area contributed by atoms with Crippen LogP contribution in [0.3, 0.4) is 0 Å². The second-order valence-electron chi connectivity index (χ2n) is 5.65. The summed E-state index contributed by atoms with van der Waals surface area (Å²) in [5, 5.41) is 7.57. The molecule has 0 aliphatic carbocycles. The van der Waals surface area contributed by atoms with E-state index in [9.17, 15) is 0 Å². The normalized spacial score (nSPS) is 28.6. The summed E-state index contributed by atoms with van der Waals surface area (Å²) < 4.78 is 11.2. The fraction of sp³-hybridized carbons (Fsp3) is 0.857. The second kappa shape index (κ2) is 6.65. The first-order valence-corrected chi connectivity index (χ1v) is 7.77. The molecule has 0 amide bonds. The predicted octanol–water partition coefficient (Wildman–Crippen LogP) is 1.67. The lowest BCUT2D eigenvalue weighted by Crippen LogP contribution is -2.39. The molecule has 6 nitrogen and oxygen atoms in total. The Morgan fingerprint density at radius 3 is 3.15 bits per heavy atom. The zero-order valence-corrected chi connectivity index (χ0v) is 12.2. The maximum Gasteiger partial charge on any atom is 0.243 e. The number of hydrogen-bond donors (Lipinski definition) is 1. The number of rotatable bonds is 4. The van der Waals surface area contributed by atoms with E-state index in [1.54, 1.807) is 0 Å². The highest BCUT2D eigenvalue weighted by molar-refractivity contribution is 4.98. The van der Waals surface area contributed by atoms with E-state index in [-0.39, 0.29) is 12.1 Å². The van der Waals surface area contributed by atoms with Crippen molar-refractivity contribution in [3.05, 3.63) is 11.7 Å². The van der Waals surface area contributed by atoms with E-state index in [4.69, 9.17) is 9.26 Å². The van der Waals surface area contributed by atoms with Crippen LogP contribution >= 0.6 is 0 Å². The van der Waals surface area contributed by atoms with Crippen molar-refractivity contribution in [3.8, 4) is 0 Å². The number of morpholine rings is 1. The highest BCUT2D eigenvalue weighted by Gasteiger charge is 2.28. The molecule has 3 heterocycles. The summed E-state index contributed by atoms with van der Waals surface area (Å²) in [6.45, 7) is 6.95. The van der Waals surface area contributed by atoms with Crippen molar-refractivity contribution in [2.75, 3.05) is 32.8 Å². The zero-order valence-electron chi connectivity index (χ0n) is 12.2. The van der Waals surface area contributed by atoms with Crippen LogP contribution < -0.4 is 5.32 Å². The molecule has 3 rings (SSSR count). The molecule has 2 aliphatic rings. The van der Waals surface area contributed by atoms with Gasteiger partial charge in [0.25, 0.3) is 0 Å². The van der Waals surface area contributed by atoms with Gasteiger partial charge in [-0.05, 0) is 32.4 Å². The minimum atomic E-state index is -0.0450. The van der Waals surface area contributed by atoms with Crippen molar-refractivity contribution >= 4 is 0 Å². The standard InChI is InChI=1S/C14H24N4O2/c1-2-7-18-8-9-19-12(10-18)13-16-14(20-17-13)11-5-3-4-6-15-11/h11-12,15H,2-10H2,1H3/t11-,12?/m0/s1. The van der Waals surface area contributed by atoms with Gasteiger partial charge in [0.2, 0.25) is 11.7 Å². The van der Waals surface area contributed by atoms with Crippen LogP contribution in [0.5, 0.6) is 0 Å². The Balaban J connectivity index is 1.63. The summed E-state index contributed by atoms with van der Waals surface area (Å²) in [6, 6.07) is 0.223. The summed E-state index contributed by atoms with van der Waals surface area (Å²) in [5.41, 5.74) is 0. The molecule has 2 fully saturated rings.